The third kappa shape index (κ3) is 5.09. The number of carbonyl (C=O) groups excluding carboxylic acids is 1. The molecule has 1 atom stereocenters. The maximum absolute atomic E-state index is 12.5. The van der Waals surface area contributed by atoms with E-state index in [1.54, 1.807) is 31.3 Å². The van der Waals surface area contributed by atoms with Crippen LogP contribution < -0.4 is 5.32 Å². The van der Waals surface area contributed by atoms with Crippen molar-refractivity contribution >= 4 is 23.6 Å². The molecule has 0 heterocycles. The number of carboxylic acids is 1. The van der Waals surface area contributed by atoms with Gasteiger partial charge in [0.15, 0.2) is 0 Å². The number of benzene rings is 1. The van der Waals surface area contributed by atoms with Crippen LogP contribution in [0.1, 0.15) is 31.4 Å². The van der Waals surface area contributed by atoms with Gasteiger partial charge in [0.25, 0.3) is 0 Å². The number of aliphatic hydroxyl groups is 1. The van der Waals surface area contributed by atoms with Gasteiger partial charge in [-0.15, -0.1) is 0 Å². The zero-order valence-electron chi connectivity index (χ0n) is 15.1. The Morgan fingerprint density at radius 3 is 2.42 bits per heavy atom. The SMILES string of the molecule is CCN(CC(=O)O)C1CC(NC(=O)N(C)C(CO)c2ccc(Cl)cc2)C1. The van der Waals surface area contributed by atoms with Crippen molar-refractivity contribution in [1.82, 2.24) is 15.1 Å². The van der Waals surface area contributed by atoms with Crippen LogP contribution in [0.3, 0.4) is 0 Å². The van der Waals surface area contributed by atoms with Crippen LogP contribution in [0.4, 0.5) is 4.79 Å². The largest absolute Gasteiger partial charge is 0.480 e. The van der Waals surface area contributed by atoms with Crippen LogP contribution in [-0.4, -0.2) is 70.8 Å². The summed E-state index contributed by atoms with van der Waals surface area (Å²) in [6, 6.07) is 6.51. The first-order valence-electron chi connectivity index (χ1n) is 8.71. The van der Waals surface area contributed by atoms with Crippen molar-refractivity contribution in [2.75, 3.05) is 26.7 Å². The zero-order chi connectivity index (χ0) is 19.3. The van der Waals surface area contributed by atoms with Gasteiger partial charge >= 0.3 is 12.0 Å². The Kier molecular flexibility index (Phi) is 7.25. The van der Waals surface area contributed by atoms with Crippen molar-refractivity contribution < 1.29 is 19.8 Å². The van der Waals surface area contributed by atoms with Crippen LogP contribution in [0.5, 0.6) is 0 Å². The maximum atomic E-state index is 12.5. The third-order valence-electron chi connectivity index (χ3n) is 4.92. The molecular weight excluding hydrogens is 358 g/mol. The van der Waals surface area contributed by atoms with Crippen LogP contribution in [0.2, 0.25) is 5.02 Å². The van der Waals surface area contributed by atoms with Gasteiger partial charge in [-0.1, -0.05) is 30.7 Å². The first-order chi connectivity index (χ1) is 12.3. The molecule has 7 nitrogen and oxygen atoms in total. The van der Waals surface area contributed by atoms with Gasteiger partial charge in [0.05, 0.1) is 19.2 Å². The Hall–Kier alpha value is -1.83. The highest BCUT2D eigenvalue weighted by Gasteiger charge is 2.35. The molecule has 0 spiro atoms. The second-order valence-electron chi connectivity index (χ2n) is 6.59. The van der Waals surface area contributed by atoms with Gasteiger partial charge in [0.2, 0.25) is 0 Å². The lowest BCUT2D eigenvalue weighted by atomic mass is 9.85. The Balaban J connectivity index is 1.87. The molecule has 0 radical (unpaired) electrons. The lowest BCUT2D eigenvalue weighted by molar-refractivity contribution is -0.139. The topological polar surface area (TPSA) is 93.1 Å². The van der Waals surface area contributed by atoms with Crippen molar-refractivity contribution in [3.63, 3.8) is 0 Å². The number of urea groups is 1. The summed E-state index contributed by atoms with van der Waals surface area (Å²) in [7, 11) is 1.64. The zero-order valence-corrected chi connectivity index (χ0v) is 15.8. The van der Waals surface area contributed by atoms with E-state index in [9.17, 15) is 14.7 Å². The van der Waals surface area contributed by atoms with E-state index < -0.39 is 12.0 Å². The number of carboxylic acid groups (broad SMARTS) is 1. The van der Waals surface area contributed by atoms with E-state index in [4.69, 9.17) is 16.7 Å². The van der Waals surface area contributed by atoms with E-state index in [2.05, 4.69) is 5.32 Å². The summed E-state index contributed by atoms with van der Waals surface area (Å²) in [6.07, 6.45) is 1.46. The summed E-state index contributed by atoms with van der Waals surface area (Å²) in [6.45, 7) is 2.42. The highest BCUT2D eigenvalue weighted by molar-refractivity contribution is 6.30. The number of aliphatic hydroxyl groups excluding tert-OH is 1. The van der Waals surface area contributed by atoms with Crippen molar-refractivity contribution in [3.8, 4) is 0 Å². The van der Waals surface area contributed by atoms with E-state index in [0.29, 0.717) is 11.6 Å². The molecule has 1 aromatic rings. The Bertz CT molecular complexity index is 619. The fourth-order valence-electron chi connectivity index (χ4n) is 3.23. The molecule has 26 heavy (non-hydrogen) atoms. The van der Waals surface area contributed by atoms with Crippen molar-refractivity contribution in [2.24, 2.45) is 0 Å². The molecule has 1 unspecified atom stereocenters. The fourth-order valence-corrected chi connectivity index (χ4v) is 3.36. The number of halogens is 1. The average molecular weight is 384 g/mol. The number of hydrogen-bond donors (Lipinski definition) is 3. The monoisotopic (exact) mass is 383 g/mol. The number of nitrogens with zero attached hydrogens (tertiary/aromatic N) is 2. The van der Waals surface area contributed by atoms with Gasteiger partial charge in [-0.25, -0.2) is 4.79 Å². The number of aliphatic carboxylic acids is 1. The van der Waals surface area contributed by atoms with Crippen molar-refractivity contribution in [1.29, 1.82) is 0 Å². The van der Waals surface area contributed by atoms with Gasteiger partial charge in [0, 0.05) is 24.2 Å². The summed E-state index contributed by atoms with van der Waals surface area (Å²) in [5, 5.41) is 22.2. The normalized spacial score (nSPS) is 20.3. The second kappa shape index (κ2) is 9.21. The van der Waals surface area contributed by atoms with E-state index >= 15 is 0 Å². The number of likely N-dealkylation sites (N-methyl/N-ethyl adjacent to an activating group) is 2. The summed E-state index contributed by atoms with van der Waals surface area (Å²) in [5.41, 5.74) is 0.805. The molecule has 0 aromatic heterocycles. The van der Waals surface area contributed by atoms with Gasteiger partial charge < -0.3 is 20.4 Å². The number of amides is 2. The Labute approximate surface area is 158 Å². The minimum atomic E-state index is -0.840. The third-order valence-corrected chi connectivity index (χ3v) is 5.17. The molecule has 3 N–H and O–H groups in total. The van der Waals surface area contributed by atoms with Crippen LogP contribution in [0, 0.1) is 0 Å². The minimum absolute atomic E-state index is 0.0161. The molecule has 0 saturated heterocycles. The molecule has 1 aliphatic rings. The number of rotatable bonds is 8. The summed E-state index contributed by atoms with van der Waals surface area (Å²) >= 11 is 5.88. The van der Waals surface area contributed by atoms with E-state index in [1.807, 2.05) is 11.8 Å². The summed E-state index contributed by atoms with van der Waals surface area (Å²) in [4.78, 5) is 26.7. The Morgan fingerprint density at radius 2 is 1.92 bits per heavy atom. The van der Waals surface area contributed by atoms with Gasteiger partial charge in [0.1, 0.15) is 0 Å². The second-order valence-corrected chi connectivity index (χ2v) is 7.03. The first kappa shape index (κ1) is 20.5. The average Bonchev–Trinajstić information content (AvgIpc) is 2.57. The van der Waals surface area contributed by atoms with Gasteiger partial charge in [-0.05, 0) is 37.1 Å². The van der Waals surface area contributed by atoms with Crippen molar-refractivity contribution in [3.05, 3.63) is 34.9 Å². The van der Waals surface area contributed by atoms with E-state index in [1.165, 1.54) is 4.90 Å². The lowest BCUT2D eigenvalue weighted by Gasteiger charge is -2.43. The summed E-state index contributed by atoms with van der Waals surface area (Å²) < 4.78 is 0. The van der Waals surface area contributed by atoms with Gasteiger partial charge in [-0.2, -0.15) is 0 Å². The fraction of sp³-hybridized carbons (Fsp3) is 0.556. The molecule has 0 bridgehead atoms. The molecule has 2 rings (SSSR count). The van der Waals surface area contributed by atoms with Crippen LogP contribution in [-0.2, 0) is 4.79 Å². The number of hydrogen-bond acceptors (Lipinski definition) is 4. The van der Waals surface area contributed by atoms with Crippen LogP contribution in [0.25, 0.3) is 0 Å². The maximum Gasteiger partial charge on any atom is 0.317 e. The highest BCUT2D eigenvalue weighted by Crippen LogP contribution is 2.27. The quantitative estimate of drug-likeness (QED) is 0.638. The molecule has 0 aliphatic heterocycles. The minimum Gasteiger partial charge on any atom is -0.480 e. The smallest absolute Gasteiger partial charge is 0.317 e. The predicted octanol–water partition coefficient (Wildman–Crippen LogP) is 1.95. The molecule has 1 saturated carbocycles. The first-order valence-corrected chi connectivity index (χ1v) is 9.09. The number of carbonyl (C=O) groups is 2. The standard InChI is InChI=1S/C18H26ClN3O4/c1-3-22(10-17(24)25)15-8-14(9-15)20-18(26)21(2)16(11-23)12-4-6-13(19)7-5-12/h4-7,14-16,23H,3,8-11H2,1-2H3,(H,20,26)(H,24,25). The number of nitrogens with one attached hydrogen (secondary N) is 1. The molecule has 1 aliphatic carbocycles. The van der Waals surface area contributed by atoms with Crippen LogP contribution >= 0.6 is 11.6 Å². The summed E-state index contributed by atoms with van der Waals surface area (Å²) in [5.74, 6) is -0.840. The van der Waals surface area contributed by atoms with E-state index in [-0.39, 0.29) is 31.3 Å². The molecular formula is C18H26ClN3O4. The predicted molar refractivity (Wildman–Crippen MR) is 99.3 cm³/mol. The highest BCUT2D eigenvalue weighted by atomic mass is 35.5. The molecule has 2 amide bonds. The Morgan fingerprint density at radius 1 is 1.31 bits per heavy atom. The molecule has 8 heteroatoms. The van der Waals surface area contributed by atoms with Crippen LogP contribution in [0.15, 0.2) is 24.3 Å². The van der Waals surface area contributed by atoms with Gasteiger partial charge in [-0.3, -0.25) is 9.69 Å². The molecule has 1 fully saturated rings. The molecule has 144 valence electrons. The lowest BCUT2D eigenvalue weighted by Crippen LogP contribution is -2.56. The molecule has 1 aromatic carbocycles. The van der Waals surface area contributed by atoms with E-state index in [0.717, 1.165) is 18.4 Å². The van der Waals surface area contributed by atoms with Crippen molar-refractivity contribution in [2.45, 2.75) is 37.9 Å².